The van der Waals surface area contributed by atoms with Crippen molar-refractivity contribution >= 4 is 16.6 Å². The molecule has 1 aromatic heterocycles. The molecule has 5 nitrogen and oxygen atoms in total. The van der Waals surface area contributed by atoms with Crippen molar-refractivity contribution in [2.75, 3.05) is 44.2 Å². The fourth-order valence-electron chi connectivity index (χ4n) is 3.77. The first kappa shape index (κ1) is 20.6. The van der Waals surface area contributed by atoms with E-state index < -0.39 is 17.8 Å². The van der Waals surface area contributed by atoms with Crippen LogP contribution in [-0.2, 0) is 6.18 Å². The second kappa shape index (κ2) is 8.57. The van der Waals surface area contributed by atoms with E-state index in [4.69, 9.17) is 4.74 Å². The van der Waals surface area contributed by atoms with Crippen molar-refractivity contribution in [1.82, 2.24) is 9.88 Å². The predicted octanol–water partition coefficient (Wildman–Crippen LogP) is 3.75. The molecule has 0 amide bonds. The van der Waals surface area contributed by atoms with E-state index in [1.54, 1.807) is 0 Å². The van der Waals surface area contributed by atoms with Crippen molar-refractivity contribution in [1.29, 1.82) is 0 Å². The molecule has 0 aliphatic carbocycles. The van der Waals surface area contributed by atoms with Crippen LogP contribution in [0.4, 0.5) is 18.9 Å². The Hall–Kier alpha value is -2.71. The van der Waals surface area contributed by atoms with Gasteiger partial charge in [-0.3, -0.25) is 4.90 Å². The number of alkyl halides is 3. The summed E-state index contributed by atoms with van der Waals surface area (Å²) >= 11 is 0. The summed E-state index contributed by atoms with van der Waals surface area (Å²) in [7, 11) is 0. The zero-order valence-corrected chi connectivity index (χ0v) is 16.4. The third-order valence-electron chi connectivity index (χ3n) is 5.39. The highest BCUT2D eigenvalue weighted by atomic mass is 19.4. The van der Waals surface area contributed by atoms with E-state index in [0.29, 0.717) is 19.6 Å². The number of nitrogens with one attached hydrogen (secondary N) is 1. The Labute approximate surface area is 172 Å². The molecular formula is C22H24F3N3O2. The van der Waals surface area contributed by atoms with Gasteiger partial charge in [-0.05, 0) is 42.5 Å². The average Bonchev–Trinajstić information content (AvgIpc) is 3.22. The normalized spacial score (nSPS) is 16.7. The van der Waals surface area contributed by atoms with Crippen molar-refractivity contribution in [3.63, 3.8) is 0 Å². The van der Waals surface area contributed by atoms with Gasteiger partial charge in [0.1, 0.15) is 18.5 Å². The smallest absolute Gasteiger partial charge is 0.416 e. The SMILES string of the molecule is O[C@H](COc1cccc2[nH]ccc12)CN1CCN(c2ccc(C(F)(F)F)cc2)CC1. The third kappa shape index (κ3) is 4.71. The molecule has 1 aliphatic heterocycles. The van der Waals surface area contributed by atoms with Crippen LogP contribution in [0.15, 0.2) is 54.7 Å². The zero-order valence-electron chi connectivity index (χ0n) is 16.4. The van der Waals surface area contributed by atoms with Crippen molar-refractivity contribution in [2.24, 2.45) is 0 Å². The van der Waals surface area contributed by atoms with Crippen LogP contribution in [0.25, 0.3) is 10.9 Å². The number of rotatable bonds is 6. The van der Waals surface area contributed by atoms with Crippen LogP contribution in [0.3, 0.4) is 0 Å². The molecule has 3 aromatic rings. The van der Waals surface area contributed by atoms with Crippen LogP contribution in [0.2, 0.25) is 0 Å². The molecule has 1 fully saturated rings. The summed E-state index contributed by atoms with van der Waals surface area (Å²) < 4.78 is 43.9. The minimum atomic E-state index is -4.32. The van der Waals surface area contributed by atoms with Gasteiger partial charge in [-0.15, -0.1) is 0 Å². The highest BCUT2D eigenvalue weighted by Gasteiger charge is 2.30. The molecule has 2 heterocycles. The first-order valence-electron chi connectivity index (χ1n) is 9.92. The standard InChI is InChI=1S/C22H24F3N3O2/c23-22(24,25)16-4-6-17(7-5-16)28-12-10-27(11-13-28)14-18(29)15-30-21-3-1-2-20-19(21)8-9-26-20/h1-9,18,26,29H,10-15H2/t18-/m0/s1. The summed E-state index contributed by atoms with van der Waals surface area (Å²) in [5.74, 6) is 0.736. The number of aliphatic hydroxyl groups excluding tert-OH is 1. The van der Waals surface area contributed by atoms with E-state index in [9.17, 15) is 18.3 Å². The highest BCUT2D eigenvalue weighted by Crippen LogP contribution is 2.30. The maximum absolute atomic E-state index is 12.7. The first-order valence-corrected chi connectivity index (χ1v) is 9.92. The number of nitrogens with zero attached hydrogens (tertiary/aromatic N) is 2. The van der Waals surface area contributed by atoms with E-state index in [0.717, 1.165) is 47.6 Å². The average molecular weight is 419 g/mol. The van der Waals surface area contributed by atoms with Crippen LogP contribution >= 0.6 is 0 Å². The highest BCUT2D eigenvalue weighted by molar-refractivity contribution is 5.85. The number of ether oxygens (including phenoxy) is 1. The topological polar surface area (TPSA) is 51.7 Å². The van der Waals surface area contributed by atoms with E-state index >= 15 is 0 Å². The summed E-state index contributed by atoms with van der Waals surface area (Å²) in [5, 5.41) is 11.4. The quantitative estimate of drug-likeness (QED) is 0.639. The maximum Gasteiger partial charge on any atom is 0.416 e. The zero-order chi connectivity index (χ0) is 21.1. The second-order valence-corrected chi connectivity index (χ2v) is 7.49. The number of hydrogen-bond acceptors (Lipinski definition) is 4. The number of piperazine rings is 1. The van der Waals surface area contributed by atoms with Gasteiger partial charge in [-0.25, -0.2) is 0 Å². The summed E-state index contributed by atoms with van der Waals surface area (Å²) in [5.41, 5.74) is 1.14. The Balaban J connectivity index is 1.25. The number of anilines is 1. The Morgan fingerprint density at radius 2 is 1.73 bits per heavy atom. The molecule has 4 rings (SSSR count). The lowest BCUT2D eigenvalue weighted by molar-refractivity contribution is -0.137. The molecule has 0 radical (unpaired) electrons. The first-order chi connectivity index (χ1) is 14.4. The lowest BCUT2D eigenvalue weighted by Crippen LogP contribution is -2.49. The number of aromatic nitrogens is 1. The Kier molecular flexibility index (Phi) is 5.87. The molecule has 0 saturated carbocycles. The van der Waals surface area contributed by atoms with E-state index in [2.05, 4.69) is 14.8 Å². The lowest BCUT2D eigenvalue weighted by Gasteiger charge is -2.37. The number of β-amino-alcohol motifs (C(OH)–C–C–N with tert-alkyl or cyclic N) is 1. The van der Waals surface area contributed by atoms with Crippen molar-refractivity contribution < 1.29 is 23.0 Å². The van der Waals surface area contributed by atoms with Gasteiger partial charge in [0.25, 0.3) is 0 Å². The molecule has 0 unspecified atom stereocenters. The fourth-order valence-corrected chi connectivity index (χ4v) is 3.77. The maximum atomic E-state index is 12.7. The fraction of sp³-hybridized carbons (Fsp3) is 0.364. The molecule has 2 aromatic carbocycles. The van der Waals surface area contributed by atoms with Gasteiger partial charge in [0, 0.05) is 55.5 Å². The Morgan fingerprint density at radius 3 is 2.43 bits per heavy atom. The van der Waals surface area contributed by atoms with Crippen molar-refractivity contribution in [2.45, 2.75) is 12.3 Å². The van der Waals surface area contributed by atoms with E-state index in [-0.39, 0.29) is 6.61 Å². The minimum absolute atomic E-state index is 0.198. The summed E-state index contributed by atoms with van der Waals surface area (Å²) in [6.45, 7) is 3.54. The number of H-pyrrole nitrogens is 1. The van der Waals surface area contributed by atoms with Crippen LogP contribution < -0.4 is 9.64 Å². The monoisotopic (exact) mass is 419 g/mol. The molecule has 8 heteroatoms. The number of halogens is 3. The van der Waals surface area contributed by atoms with Gasteiger partial charge >= 0.3 is 6.18 Å². The van der Waals surface area contributed by atoms with E-state index in [1.165, 1.54) is 12.1 Å². The van der Waals surface area contributed by atoms with Crippen molar-refractivity contribution in [3.8, 4) is 5.75 Å². The second-order valence-electron chi connectivity index (χ2n) is 7.49. The molecule has 160 valence electrons. The number of benzene rings is 2. The number of fused-ring (bicyclic) bond motifs is 1. The summed E-state index contributed by atoms with van der Waals surface area (Å²) in [6.07, 6.45) is -3.09. The Morgan fingerprint density at radius 1 is 1.00 bits per heavy atom. The summed E-state index contributed by atoms with van der Waals surface area (Å²) in [4.78, 5) is 7.34. The molecule has 1 saturated heterocycles. The molecule has 30 heavy (non-hydrogen) atoms. The molecule has 1 atom stereocenters. The third-order valence-corrected chi connectivity index (χ3v) is 5.39. The van der Waals surface area contributed by atoms with Gasteiger partial charge in [0.05, 0.1) is 5.56 Å². The molecular weight excluding hydrogens is 395 g/mol. The minimum Gasteiger partial charge on any atom is -0.490 e. The van der Waals surface area contributed by atoms with Gasteiger partial charge < -0.3 is 19.7 Å². The molecule has 1 aliphatic rings. The molecule has 0 bridgehead atoms. The van der Waals surface area contributed by atoms with E-state index in [1.807, 2.05) is 30.5 Å². The van der Waals surface area contributed by atoms with Crippen LogP contribution in [-0.4, -0.2) is 60.4 Å². The number of hydrogen-bond donors (Lipinski definition) is 2. The van der Waals surface area contributed by atoms with Crippen LogP contribution in [0, 0.1) is 0 Å². The number of aromatic amines is 1. The van der Waals surface area contributed by atoms with Gasteiger partial charge in [0.15, 0.2) is 0 Å². The molecule has 2 N–H and O–H groups in total. The van der Waals surface area contributed by atoms with Gasteiger partial charge in [-0.1, -0.05) is 6.07 Å². The number of aliphatic hydroxyl groups is 1. The van der Waals surface area contributed by atoms with Crippen LogP contribution in [0.1, 0.15) is 5.56 Å². The van der Waals surface area contributed by atoms with Crippen LogP contribution in [0.5, 0.6) is 5.75 Å². The Bertz CT molecular complexity index is 964. The van der Waals surface area contributed by atoms with Gasteiger partial charge in [-0.2, -0.15) is 13.2 Å². The lowest BCUT2D eigenvalue weighted by atomic mass is 10.1. The van der Waals surface area contributed by atoms with Crippen molar-refractivity contribution in [3.05, 3.63) is 60.3 Å². The largest absolute Gasteiger partial charge is 0.490 e. The molecule has 0 spiro atoms. The predicted molar refractivity (Wildman–Crippen MR) is 110 cm³/mol. The summed E-state index contributed by atoms with van der Waals surface area (Å²) in [6, 6.07) is 13.0. The van der Waals surface area contributed by atoms with Gasteiger partial charge in [0.2, 0.25) is 0 Å².